The lowest BCUT2D eigenvalue weighted by molar-refractivity contribution is -0.674. The molecule has 3 nitrogen and oxygen atoms in total. The summed E-state index contributed by atoms with van der Waals surface area (Å²) in [7, 11) is 0. The van der Waals surface area contributed by atoms with E-state index in [0.717, 1.165) is 45.6 Å². The van der Waals surface area contributed by atoms with Crippen LogP contribution in [0.15, 0.2) is 0 Å². The molecular weight excluding hydrogens is 142 g/mol. The van der Waals surface area contributed by atoms with Gasteiger partial charge in [0.15, 0.2) is 5.79 Å². The SMILES string of the molecule is C1COC2(CC[NH2+]CC2)OC1. The Morgan fingerprint density at radius 2 is 1.64 bits per heavy atom. The van der Waals surface area contributed by atoms with E-state index in [9.17, 15) is 0 Å². The molecule has 0 aromatic heterocycles. The van der Waals surface area contributed by atoms with Gasteiger partial charge in [0.05, 0.1) is 39.1 Å². The van der Waals surface area contributed by atoms with Gasteiger partial charge in [0.1, 0.15) is 0 Å². The van der Waals surface area contributed by atoms with Gasteiger partial charge in [-0.15, -0.1) is 0 Å². The minimum Gasteiger partial charge on any atom is -0.349 e. The van der Waals surface area contributed by atoms with Crippen molar-refractivity contribution in [2.45, 2.75) is 25.0 Å². The Morgan fingerprint density at radius 1 is 1.00 bits per heavy atom. The van der Waals surface area contributed by atoms with Crippen LogP contribution in [0.4, 0.5) is 0 Å². The molecule has 0 aromatic rings. The number of quaternary nitrogens is 1. The van der Waals surface area contributed by atoms with Crippen molar-refractivity contribution in [2.24, 2.45) is 0 Å². The van der Waals surface area contributed by atoms with E-state index in [2.05, 4.69) is 5.32 Å². The third-order valence-electron chi connectivity index (χ3n) is 2.48. The highest BCUT2D eigenvalue weighted by molar-refractivity contribution is 4.74. The molecule has 2 N–H and O–H groups in total. The maximum Gasteiger partial charge on any atom is 0.178 e. The first kappa shape index (κ1) is 7.53. The predicted molar refractivity (Wildman–Crippen MR) is 40.1 cm³/mol. The highest BCUT2D eigenvalue weighted by Crippen LogP contribution is 2.26. The molecule has 0 saturated carbocycles. The average Bonchev–Trinajstić information content (AvgIpc) is 2.07. The Hall–Kier alpha value is -0.120. The summed E-state index contributed by atoms with van der Waals surface area (Å²) in [6.45, 7) is 4.08. The van der Waals surface area contributed by atoms with Crippen molar-refractivity contribution in [1.29, 1.82) is 0 Å². The van der Waals surface area contributed by atoms with Gasteiger partial charge >= 0.3 is 0 Å². The highest BCUT2D eigenvalue weighted by atomic mass is 16.7. The smallest absolute Gasteiger partial charge is 0.178 e. The standard InChI is InChI=1S/C8H15NO2/c1-6-10-8(11-7-1)2-4-9-5-3-8/h9H,1-7H2/p+1. The molecule has 0 aliphatic carbocycles. The molecule has 0 atom stereocenters. The van der Waals surface area contributed by atoms with Crippen LogP contribution in [0.25, 0.3) is 0 Å². The molecule has 3 heteroatoms. The van der Waals surface area contributed by atoms with E-state index in [1.165, 1.54) is 0 Å². The van der Waals surface area contributed by atoms with Crippen LogP contribution in [0.3, 0.4) is 0 Å². The fourth-order valence-corrected chi connectivity index (χ4v) is 1.82. The lowest BCUT2D eigenvalue weighted by atomic mass is 10.0. The molecule has 11 heavy (non-hydrogen) atoms. The molecule has 2 aliphatic rings. The molecule has 0 bridgehead atoms. The van der Waals surface area contributed by atoms with Crippen LogP contribution in [0.1, 0.15) is 19.3 Å². The van der Waals surface area contributed by atoms with Crippen molar-refractivity contribution >= 4 is 0 Å². The second-order valence-electron chi connectivity index (χ2n) is 3.33. The highest BCUT2D eigenvalue weighted by Gasteiger charge is 2.37. The van der Waals surface area contributed by atoms with Crippen LogP contribution in [0.2, 0.25) is 0 Å². The average molecular weight is 158 g/mol. The Bertz CT molecular complexity index is 107. The van der Waals surface area contributed by atoms with Crippen LogP contribution in [0, 0.1) is 0 Å². The van der Waals surface area contributed by atoms with Crippen molar-refractivity contribution in [3.05, 3.63) is 0 Å². The van der Waals surface area contributed by atoms with Crippen LogP contribution in [0.5, 0.6) is 0 Å². The Kier molecular flexibility index (Phi) is 2.11. The molecule has 0 amide bonds. The lowest BCUT2D eigenvalue weighted by Gasteiger charge is -2.38. The number of hydrogen-bond acceptors (Lipinski definition) is 2. The van der Waals surface area contributed by atoms with Crippen molar-refractivity contribution in [2.75, 3.05) is 26.3 Å². The summed E-state index contributed by atoms with van der Waals surface area (Å²) in [5.74, 6) is -0.174. The fraction of sp³-hybridized carbons (Fsp3) is 1.00. The zero-order valence-electron chi connectivity index (χ0n) is 6.84. The summed E-state index contributed by atoms with van der Waals surface area (Å²) in [5.41, 5.74) is 0. The van der Waals surface area contributed by atoms with Crippen LogP contribution in [-0.2, 0) is 9.47 Å². The first-order chi connectivity index (χ1) is 5.41. The van der Waals surface area contributed by atoms with E-state index in [1.54, 1.807) is 0 Å². The molecule has 0 unspecified atom stereocenters. The fourth-order valence-electron chi connectivity index (χ4n) is 1.82. The van der Waals surface area contributed by atoms with E-state index in [4.69, 9.17) is 9.47 Å². The van der Waals surface area contributed by atoms with Gasteiger partial charge in [-0.2, -0.15) is 0 Å². The third kappa shape index (κ3) is 1.55. The van der Waals surface area contributed by atoms with Crippen LogP contribution in [-0.4, -0.2) is 32.1 Å². The Balaban J connectivity index is 1.94. The predicted octanol–water partition coefficient (Wildman–Crippen LogP) is -0.523. The summed E-state index contributed by atoms with van der Waals surface area (Å²) < 4.78 is 11.3. The molecule has 2 heterocycles. The van der Waals surface area contributed by atoms with Crippen LogP contribution < -0.4 is 5.32 Å². The second kappa shape index (κ2) is 3.09. The minimum atomic E-state index is -0.174. The molecule has 0 aromatic carbocycles. The van der Waals surface area contributed by atoms with Crippen molar-refractivity contribution < 1.29 is 14.8 Å². The van der Waals surface area contributed by atoms with Crippen molar-refractivity contribution in [3.8, 4) is 0 Å². The van der Waals surface area contributed by atoms with Crippen molar-refractivity contribution in [1.82, 2.24) is 0 Å². The van der Waals surface area contributed by atoms with Gasteiger partial charge in [-0.3, -0.25) is 0 Å². The molecule has 2 fully saturated rings. The largest absolute Gasteiger partial charge is 0.349 e. The zero-order valence-corrected chi connectivity index (χ0v) is 6.84. The van der Waals surface area contributed by atoms with E-state index in [1.807, 2.05) is 0 Å². The molecule has 0 radical (unpaired) electrons. The summed E-state index contributed by atoms with van der Waals surface area (Å²) in [5, 5.41) is 2.33. The molecule has 2 rings (SSSR count). The maximum absolute atomic E-state index is 5.66. The Morgan fingerprint density at radius 3 is 2.27 bits per heavy atom. The van der Waals surface area contributed by atoms with Gasteiger partial charge in [-0.25, -0.2) is 0 Å². The maximum atomic E-state index is 5.66. The Labute approximate surface area is 67.1 Å². The van der Waals surface area contributed by atoms with Gasteiger partial charge in [-0.1, -0.05) is 0 Å². The summed E-state index contributed by atoms with van der Waals surface area (Å²) in [4.78, 5) is 0. The zero-order chi connectivity index (χ0) is 7.57. The van der Waals surface area contributed by atoms with Gasteiger partial charge in [-0.05, 0) is 6.42 Å². The molecular formula is C8H16NO2+. The lowest BCUT2D eigenvalue weighted by Crippen LogP contribution is -2.88. The molecule has 2 aliphatic heterocycles. The summed E-state index contributed by atoms with van der Waals surface area (Å²) >= 11 is 0. The summed E-state index contributed by atoms with van der Waals surface area (Å²) in [6, 6.07) is 0. The number of ether oxygens (including phenoxy) is 2. The van der Waals surface area contributed by atoms with Gasteiger partial charge in [0.25, 0.3) is 0 Å². The quantitative estimate of drug-likeness (QED) is 0.514. The minimum absolute atomic E-state index is 0.174. The van der Waals surface area contributed by atoms with Gasteiger partial charge < -0.3 is 14.8 Å². The topological polar surface area (TPSA) is 35.1 Å². The number of piperidine rings is 1. The second-order valence-corrected chi connectivity index (χ2v) is 3.33. The number of hydrogen-bond donors (Lipinski definition) is 1. The van der Waals surface area contributed by atoms with E-state index in [0.29, 0.717) is 0 Å². The monoisotopic (exact) mass is 158 g/mol. The van der Waals surface area contributed by atoms with E-state index >= 15 is 0 Å². The first-order valence-electron chi connectivity index (χ1n) is 4.51. The van der Waals surface area contributed by atoms with Gasteiger partial charge in [0.2, 0.25) is 0 Å². The molecule has 1 spiro atoms. The van der Waals surface area contributed by atoms with E-state index < -0.39 is 0 Å². The first-order valence-corrected chi connectivity index (χ1v) is 4.51. The number of nitrogens with two attached hydrogens (primary N) is 1. The van der Waals surface area contributed by atoms with Crippen molar-refractivity contribution in [3.63, 3.8) is 0 Å². The summed E-state index contributed by atoms with van der Waals surface area (Å²) in [6.07, 6.45) is 3.19. The van der Waals surface area contributed by atoms with Gasteiger partial charge in [0, 0.05) is 0 Å². The van der Waals surface area contributed by atoms with E-state index in [-0.39, 0.29) is 5.79 Å². The normalized spacial score (nSPS) is 30.5. The number of rotatable bonds is 0. The third-order valence-corrected chi connectivity index (χ3v) is 2.48. The molecule has 2 saturated heterocycles. The molecule has 64 valence electrons. The van der Waals surface area contributed by atoms with Crippen LogP contribution >= 0.6 is 0 Å².